The third-order valence-corrected chi connectivity index (χ3v) is 5.36. The highest BCUT2D eigenvalue weighted by molar-refractivity contribution is 6.32. The first-order valence-electron chi connectivity index (χ1n) is 9.48. The Hall–Kier alpha value is -3.84. The van der Waals surface area contributed by atoms with Crippen LogP contribution in [0.15, 0.2) is 60.3 Å². The lowest BCUT2D eigenvalue weighted by Crippen LogP contribution is -2.30. The van der Waals surface area contributed by atoms with Crippen molar-refractivity contribution in [2.45, 2.75) is 13.8 Å². The molecule has 0 aliphatic carbocycles. The molecule has 3 aromatic rings. The van der Waals surface area contributed by atoms with E-state index < -0.39 is 17.8 Å². The SMILES string of the molecule is Cc1cc(/C=C2/NC(=O)N(c3cccc(Cl)c3)C2=O)c(C)n1-c1ccc(C(N)=O)cc1. The van der Waals surface area contributed by atoms with Gasteiger partial charge in [0.25, 0.3) is 5.91 Å². The lowest BCUT2D eigenvalue weighted by Gasteiger charge is -2.11. The maximum Gasteiger partial charge on any atom is 0.333 e. The van der Waals surface area contributed by atoms with Gasteiger partial charge in [-0.3, -0.25) is 9.59 Å². The molecule has 1 aliphatic heterocycles. The van der Waals surface area contributed by atoms with Gasteiger partial charge in [-0.15, -0.1) is 0 Å². The number of aryl methyl sites for hydroxylation is 1. The number of amides is 4. The minimum absolute atomic E-state index is 0.175. The number of carbonyl (C=O) groups excluding carboxylic acids is 3. The minimum Gasteiger partial charge on any atom is -0.366 e. The maximum atomic E-state index is 12.9. The second-order valence-electron chi connectivity index (χ2n) is 7.18. The Balaban J connectivity index is 1.68. The summed E-state index contributed by atoms with van der Waals surface area (Å²) in [6, 6.07) is 14.9. The molecule has 8 heteroatoms. The molecule has 1 aromatic heterocycles. The molecule has 1 fully saturated rings. The van der Waals surface area contributed by atoms with Crippen LogP contribution in [0.4, 0.5) is 10.5 Å². The summed E-state index contributed by atoms with van der Waals surface area (Å²) in [6.45, 7) is 3.85. The number of rotatable bonds is 4. The summed E-state index contributed by atoms with van der Waals surface area (Å²) in [5.41, 5.74) is 9.76. The van der Waals surface area contributed by atoms with Crippen molar-refractivity contribution in [2.75, 3.05) is 4.90 Å². The number of nitrogens with one attached hydrogen (secondary N) is 1. The van der Waals surface area contributed by atoms with Crippen LogP contribution >= 0.6 is 11.6 Å². The molecule has 0 radical (unpaired) electrons. The van der Waals surface area contributed by atoms with Gasteiger partial charge in [-0.25, -0.2) is 9.69 Å². The second kappa shape index (κ2) is 7.77. The number of aromatic nitrogens is 1. The third kappa shape index (κ3) is 3.71. The number of nitrogens with zero attached hydrogens (tertiary/aromatic N) is 2. The van der Waals surface area contributed by atoms with E-state index >= 15 is 0 Å². The maximum absolute atomic E-state index is 12.9. The number of hydrogen-bond acceptors (Lipinski definition) is 3. The van der Waals surface area contributed by atoms with E-state index in [0.717, 1.165) is 27.5 Å². The molecule has 4 amide bonds. The van der Waals surface area contributed by atoms with Crippen molar-refractivity contribution in [3.05, 3.63) is 87.8 Å². The third-order valence-electron chi connectivity index (χ3n) is 5.12. The summed E-state index contributed by atoms with van der Waals surface area (Å²) in [4.78, 5) is 37.7. The standard InChI is InChI=1S/C23H19ClN4O3/c1-13-10-16(14(2)27(13)18-8-6-15(7-9-18)21(25)29)11-20-22(30)28(23(31)26-20)19-5-3-4-17(24)12-19/h3-12H,1-2H3,(H2,25,29)(H,26,31)/b20-11+. The first-order chi connectivity index (χ1) is 14.8. The van der Waals surface area contributed by atoms with E-state index in [0.29, 0.717) is 16.3 Å². The number of halogens is 1. The quantitative estimate of drug-likeness (QED) is 0.480. The Bertz CT molecular complexity index is 1260. The number of urea groups is 1. The van der Waals surface area contributed by atoms with Crippen LogP contribution in [0.25, 0.3) is 11.8 Å². The molecular formula is C23H19ClN4O3. The van der Waals surface area contributed by atoms with Crippen molar-refractivity contribution in [3.8, 4) is 5.69 Å². The van der Waals surface area contributed by atoms with E-state index in [2.05, 4.69) is 5.32 Å². The number of anilines is 1. The number of hydrogen-bond donors (Lipinski definition) is 2. The normalized spacial score (nSPS) is 14.9. The second-order valence-corrected chi connectivity index (χ2v) is 7.62. The van der Waals surface area contributed by atoms with Gasteiger partial charge in [-0.05, 0) is 74.0 Å². The van der Waals surface area contributed by atoms with Crippen molar-refractivity contribution in [3.63, 3.8) is 0 Å². The van der Waals surface area contributed by atoms with E-state index in [9.17, 15) is 14.4 Å². The van der Waals surface area contributed by atoms with Crippen LogP contribution in [-0.2, 0) is 4.79 Å². The highest BCUT2D eigenvalue weighted by Gasteiger charge is 2.35. The van der Waals surface area contributed by atoms with Gasteiger partial charge < -0.3 is 15.6 Å². The van der Waals surface area contributed by atoms with E-state index in [4.69, 9.17) is 17.3 Å². The van der Waals surface area contributed by atoms with Crippen molar-refractivity contribution < 1.29 is 14.4 Å². The van der Waals surface area contributed by atoms with Gasteiger partial charge >= 0.3 is 6.03 Å². The van der Waals surface area contributed by atoms with Crippen LogP contribution in [0, 0.1) is 13.8 Å². The van der Waals surface area contributed by atoms with Gasteiger partial charge in [0.2, 0.25) is 5.91 Å². The molecule has 0 spiro atoms. The average Bonchev–Trinajstić information content (AvgIpc) is 3.16. The van der Waals surface area contributed by atoms with Crippen molar-refractivity contribution in [1.82, 2.24) is 9.88 Å². The molecule has 7 nitrogen and oxygen atoms in total. The largest absolute Gasteiger partial charge is 0.366 e. The summed E-state index contributed by atoms with van der Waals surface area (Å²) in [7, 11) is 0. The smallest absolute Gasteiger partial charge is 0.333 e. The molecule has 0 bridgehead atoms. The Morgan fingerprint density at radius 1 is 1.03 bits per heavy atom. The molecular weight excluding hydrogens is 416 g/mol. The van der Waals surface area contributed by atoms with Gasteiger partial charge in [0.15, 0.2) is 0 Å². The number of carbonyl (C=O) groups is 3. The fourth-order valence-corrected chi connectivity index (χ4v) is 3.83. The zero-order valence-corrected chi connectivity index (χ0v) is 17.6. The summed E-state index contributed by atoms with van der Waals surface area (Å²) in [5, 5.41) is 3.06. The number of primary amides is 1. The van der Waals surface area contributed by atoms with E-state index in [1.807, 2.05) is 24.5 Å². The zero-order valence-electron chi connectivity index (χ0n) is 16.8. The molecule has 2 heterocycles. The summed E-state index contributed by atoms with van der Waals surface area (Å²) in [5.74, 6) is -0.944. The summed E-state index contributed by atoms with van der Waals surface area (Å²) >= 11 is 6.00. The number of benzene rings is 2. The van der Waals surface area contributed by atoms with Crippen LogP contribution in [0.1, 0.15) is 27.3 Å². The van der Waals surface area contributed by atoms with E-state index in [1.165, 1.54) is 0 Å². The van der Waals surface area contributed by atoms with Crippen LogP contribution < -0.4 is 16.0 Å². The Kier molecular flexibility index (Phi) is 5.12. The number of nitrogens with two attached hydrogens (primary N) is 1. The molecule has 1 saturated heterocycles. The monoisotopic (exact) mass is 434 g/mol. The molecule has 3 N–H and O–H groups in total. The van der Waals surface area contributed by atoms with Crippen molar-refractivity contribution in [2.24, 2.45) is 5.73 Å². The van der Waals surface area contributed by atoms with Gasteiger partial charge in [-0.2, -0.15) is 0 Å². The van der Waals surface area contributed by atoms with Crippen LogP contribution in [-0.4, -0.2) is 22.4 Å². The predicted octanol–water partition coefficient (Wildman–Crippen LogP) is 3.94. The molecule has 156 valence electrons. The van der Waals surface area contributed by atoms with E-state index in [1.54, 1.807) is 54.6 Å². The minimum atomic E-state index is -0.533. The van der Waals surface area contributed by atoms with Crippen LogP contribution in [0.3, 0.4) is 0 Å². The highest BCUT2D eigenvalue weighted by atomic mass is 35.5. The first-order valence-corrected chi connectivity index (χ1v) is 9.86. The molecule has 2 aromatic carbocycles. The lowest BCUT2D eigenvalue weighted by molar-refractivity contribution is -0.113. The van der Waals surface area contributed by atoms with Crippen molar-refractivity contribution >= 4 is 41.2 Å². The summed E-state index contributed by atoms with van der Waals surface area (Å²) in [6.07, 6.45) is 1.65. The van der Waals surface area contributed by atoms with Gasteiger partial charge in [-0.1, -0.05) is 17.7 Å². The van der Waals surface area contributed by atoms with Gasteiger partial charge in [0.1, 0.15) is 5.70 Å². The zero-order chi connectivity index (χ0) is 22.3. The predicted molar refractivity (Wildman–Crippen MR) is 119 cm³/mol. The molecule has 31 heavy (non-hydrogen) atoms. The average molecular weight is 435 g/mol. The highest BCUT2D eigenvalue weighted by Crippen LogP contribution is 2.27. The van der Waals surface area contributed by atoms with Crippen LogP contribution in [0.2, 0.25) is 5.02 Å². The van der Waals surface area contributed by atoms with E-state index in [-0.39, 0.29) is 5.70 Å². The summed E-state index contributed by atoms with van der Waals surface area (Å²) < 4.78 is 1.99. The van der Waals surface area contributed by atoms with Gasteiger partial charge in [0, 0.05) is 27.7 Å². The Morgan fingerprint density at radius 2 is 1.74 bits per heavy atom. The molecule has 0 unspecified atom stereocenters. The van der Waals surface area contributed by atoms with Crippen LogP contribution in [0.5, 0.6) is 0 Å². The van der Waals surface area contributed by atoms with Crippen molar-refractivity contribution in [1.29, 1.82) is 0 Å². The lowest BCUT2D eigenvalue weighted by atomic mass is 10.2. The molecule has 0 saturated carbocycles. The van der Waals surface area contributed by atoms with Gasteiger partial charge in [0.05, 0.1) is 5.69 Å². The Morgan fingerprint density at radius 3 is 2.39 bits per heavy atom. The number of imide groups is 1. The molecule has 4 rings (SSSR count). The molecule has 0 atom stereocenters. The first kappa shape index (κ1) is 20.4. The fourth-order valence-electron chi connectivity index (χ4n) is 3.65. The topological polar surface area (TPSA) is 97.4 Å². The fraction of sp³-hybridized carbons (Fsp3) is 0.0870. The molecule has 1 aliphatic rings. The Labute approximate surface area is 183 Å².